The number of amides is 3. The van der Waals surface area contributed by atoms with Gasteiger partial charge in [0, 0.05) is 10.6 Å². The molecule has 0 aliphatic carbocycles. The molecule has 0 bridgehead atoms. The first-order valence-corrected chi connectivity index (χ1v) is 10.3. The van der Waals surface area contributed by atoms with Gasteiger partial charge >= 0.3 is 12.0 Å². The number of ether oxygens (including phenoxy) is 2. The maximum absolute atomic E-state index is 12.9. The molecule has 0 atom stereocenters. The molecule has 1 aliphatic rings. The van der Waals surface area contributed by atoms with Gasteiger partial charge in [0.15, 0.2) is 0 Å². The average Bonchev–Trinajstić information content (AvgIpc) is 3.39. The summed E-state index contributed by atoms with van der Waals surface area (Å²) in [5.74, 6) is -0.456. The number of furan rings is 1. The van der Waals surface area contributed by atoms with Gasteiger partial charge in [0.2, 0.25) is 5.76 Å². The summed E-state index contributed by atoms with van der Waals surface area (Å²) in [6, 6.07) is 17.0. The number of nitrogens with zero attached hydrogens (tertiary/aromatic N) is 1. The summed E-state index contributed by atoms with van der Waals surface area (Å²) in [7, 11) is 1.23. The summed E-state index contributed by atoms with van der Waals surface area (Å²) in [6.45, 7) is 0.179. The van der Waals surface area contributed by atoms with Crippen LogP contribution in [-0.2, 0) is 22.7 Å². The maximum atomic E-state index is 12.9. The van der Waals surface area contributed by atoms with Crippen molar-refractivity contribution in [2.75, 3.05) is 7.11 Å². The molecule has 2 heterocycles. The Hall–Kier alpha value is -4.04. The highest BCUT2D eigenvalue weighted by molar-refractivity contribution is 6.30. The third kappa shape index (κ3) is 5.07. The van der Waals surface area contributed by atoms with Crippen molar-refractivity contribution >= 4 is 35.6 Å². The van der Waals surface area contributed by atoms with Gasteiger partial charge in [0.05, 0.1) is 13.7 Å². The van der Waals surface area contributed by atoms with E-state index in [2.05, 4.69) is 10.1 Å². The summed E-state index contributed by atoms with van der Waals surface area (Å²) in [6.07, 6.45) is 1.51. The van der Waals surface area contributed by atoms with Crippen molar-refractivity contribution in [2.24, 2.45) is 0 Å². The Balaban J connectivity index is 1.52. The minimum absolute atomic E-state index is 0.0190. The first-order valence-electron chi connectivity index (χ1n) is 9.92. The number of halogens is 1. The molecular formula is C24H19ClN2O6. The zero-order chi connectivity index (χ0) is 23.4. The Labute approximate surface area is 194 Å². The van der Waals surface area contributed by atoms with E-state index in [0.717, 1.165) is 10.5 Å². The van der Waals surface area contributed by atoms with Crippen molar-refractivity contribution in [3.05, 3.63) is 94.0 Å². The molecule has 0 radical (unpaired) electrons. The van der Waals surface area contributed by atoms with Gasteiger partial charge in [-0.3, -0.25) is 9.69 Å². The van der Waals surface area contributed by atoms with E-state index in [-0.39, 0.29) is 23.8 Å². The van der Waals surface area contributed by atoms with Crippen LogP contribution < -0.4 is 10.1 Å². The number of hydrogen-bond donors (Lipinski definition) is 1. The van der Waals surface area contributed by atoms with Gasteiger partial charge in [-0.2, -0.15) is 0 Å². The normalized spacial score (nSPS) is 14.5. The maximum Gasteiger partial charge on any atom is 0.373 e. The van der Waals surface area contributed by atoms with Gasteiger partial charge in [0.1, 0.15) is 23.8 Å². The first kappa shape index (κ1) is 22.2. The van der Waals surface area contributed by atoms with Crippen molar-refractivity contribution in [3.63, 3.8) is 0 Å². The van der Waals surface area contributed by atoms with Crippen LogP contribution in [0.2, 0.25) is 5.02 Å². The SMILES string of the molecule is COC(=O)c1ccc(CN2C(=O)N/C(=C\c3cc(Cl)ccc3OCc3ccccc3)C2=O)o1. The van der Waals surface area contributed by atoms with Crippen LogP contribution in [0, 0.1) is 0 Å². The summed E-state index contributed by atoms with van der Waals surface area (Å²) >= 11 is 6.14. The molecule has 1 N–H and O–H groups in total. The second-order valence-corrected chi connectivity index (χ2v) is 7.53. The van der Waals surface area contributed by atoms with Gasteiger partial charge in [-0.25, -0.2) is 9.59 Å². The molecule has 33 heavy (non-hydrogen) atoms. The molecule has 1 aromatic heterocycles. The monoisotopic (exact) mass is 466 g/mol. The molecule has 168 valence electrons. The number of esters is 1. The number of methoxy groups -OCH3 is 1. The van der Waals surface area contributed by atoms with Gasteiger partial charge in [-0.1, -0.05) is 41.9 Å². The van der Waals surface area contributed by atoms with Crippen LogP contribution in [0.15, 0.2) is 70.8 Å². The van der Waals surface area contributed by atoms with E-state index in [9.17, 15) is 14.4 Å². The van der Waals surface area contributed by atoms with Crippen LogP contribution in [0.5, 0.6) is 5.75 Å². The fourth-order valence-corrected chi connectivity index (χ4v) is 3.38. The lowest BCUT2D eigenvalue weighted by Gasteiger charge is -2.11. The van der Waals surface area contributed by atoms with Crippen LogP contribution in [0.1, 0.15) is 27.4 Å². The van der Waals surface area contributed by atoms with Crippen molar-refractivity contribution < 1.29 is 28.3 Å². The molecule has 8 nitrogen and oxygen atoms in total. The van der Waals surface area contributed by atoms with E-state index in [1.807, 2.05) is 30.3 Å². The minimum Gasteiger partial charge on any atom is -0.488 e. The molecule has 4 rings (SSSR count). The lowest BCUT2D eigenvalue weighted by atomic mass is 10.1. The standard InChI is InChI=1S/C24H19ClN2O6/c1-31-23(29)21-10-8-18(33-21)13-27-22(28)19(26-24(27)30)12-16-11-17(25)7-9-20(16)32-14-15-5-3-2-4-6-15/h2-12H,13-14H2,1H3,(H,26,30)/b19-12-. The fraction of sp³-hybridized carbons (Fsp3) is 0.125. The van der Waals surface area contributed by atoms with E-state index >= 15 is 0 Å². The number of imide groups is 1. The Bertz CT molecular complexity index is 1230. The van der Waals surface area contributed by atoms with Crippen LogP contribution >= 0.6 is 11.6 Å². The van der Waals surface area contributed by atoms with Gasteiger partial charge in [-0.05, 0) is 42.0 Å². The highest BCUT2D eigenvalue weighted by Crippen LogP contribution is 2.27. The number of benzene rings is 2. The molecule has 1 fully saturated rings. The van der Waals surface area contributed by atoms with Crippen molar-refractivity contribution in [1.29, 1.82) is 0 Å². The Morgan fingerprint density at radius 3 is 2.67 bits per heavy atom. The highest BCUT2D eigenvalue weighted by atomic mass is 35.5. The van der Waals surface area contributed by atoms with E-state index in [1.54, 1.807) is 18.2 Å². The predicted octanol–water partition coefficient (Wildman–Crippen LogP) is 4.39. The van der Waals surface area contributed by atoms with Gasteiger partial charge in [0.25, 0.3) is 5.91 Å². The smallest absolute Gasteiger partial charge is 0.373 e. The predicted molar refractivity (Wildman–Crippen MR) is 119 cm³/mol. The average molecular weight is 467 g/mol. The molecule has 3 aromatic rings. The number of carbonyl (C=O) groups is 3. The van der Waals surface area contributed by atoms with Gasteiger partial charge in [-0.15, -0.1) is 0 Å². The van der Waals surface area contributed by atoms with Crippen LogP contribution in [0.25, 0.3) is 6.08 Å². The van der Waals surface area contributed by atoms with Crippen molar-refractivity contribution in [2.45, 2.75) is 13.2 Å². The topological polar surface area (TPSA) is 98.1 Å². The minimum atomic E-state index is -0.650. The number of hydrogen-bond acceptors (Lipinski definition) is 6. The van der Waals surface area contributed by atoms with Crippen molar-refractivity contribution in [1.82, 2.24) is 10.2 Å². The molecule has 1 saturated heterocycles. The summed E-state index contributed by atoms with van der Waals surface area (Å²) in [5, 5.41) is 3.00. The fourth-order valence-electron chi connectivity index (χ4n) is 3.20. The van der Waals surface area contributed by atoms with Crippen LogP contribution in [0.4, 0.5) is 4.79 Å². The van der Waals surface area contributed by atoms with Crippen molar-refractivity contribution in [3.8, 4) is 5.75 Å². The molecule has 1 aliphatic heterocycles. The van der Waals surface area contributed by atoms with Crippen LogP contribution in [0.3, 0.4) is 0 Å². The summed E-state index contributed by atoms with van der Waals surface area (Å²) in [5.41, 5.74) is 1.58. The summed E-state index contributed by atoms with van der Waals surface area (Å²) < 4.78 is 15.9. The molecule has 3 amide bonds. The van der Waals surface area contributed by atoms with Gasteiger partial charge < -0.3 is 19.2 Å². The lowest BCUT2D eigenvalue weighted by Crippen LogP contribution is -2.30. The Kier molecular flexibility index (Phi) is 6.46. The zero-order valence-corrected chi connectivity index (χ0v) is 18.3. The molecule has 0 saturated carbocycles. The molecule has 0 spiro atoms. The first-order chi connectivity index (χ1) is 15.9. The summed E-state index contributed by atoms with van der Waals surface area (Å²) in [4.78, 5) is 37.8. The quantitative estimate of drug-likeness (QED) is 0.315. The number of rotatable bonds is 7. The third-order valence-corrected chi connectivity index (χ3v) is 5.07. The molecule has 2 aromatic carbocycles. The number of urea groups is 1. The van der Waals surface area contributed by atoms with E-state index in [1.165, 1.54) is 25.3 Å². The van der Waals surface area contributed by atoms with E-state index in [0.29, 0.717) is 22.9 Å². The third-order valence-electron chi connectivity index (χ3n) is 4.83. The van der Waals surface area contributed by atoms with E-state index in [4.69, 9.17) is 20.8 Å². The highest BCUT2D eigenvalue weighted by Gasteiger charge is 2.34. The number of carbonyl (C=O) groups excluding carboxylic acids is 3. The molecule has 9 heteroatoms. The second-order valence-electron chi connectivity index (χ2n) is 7.09. The molecule has 0 unspecified atom stereocenters. The van der Waals surface area contributed by atoms with E-state index < -0.39 is 17.9 Å². The molecular weight excluding hydrogens is 448 g/mol. The number of nitrogens with one attached hydrogen (secondary N) is 1. The lowest BCUT2D eigenvalue weighted by molar-refractivity contribution is -0.123. The second kappa shape index (κ2) is 9.62. The Morgan fingerprint density at radius 2 is 1.91 bits per heavy atom. The largest absolute Gasteiger partial charge is 0.488 e. The Morgan fingerprint density at radius 1 is 1.12 bits per heavy atom. The zero-order valence-electron chi connectivity index (χ0n) is 17.5. The van der Waals surface area contributed by atoms with Crippen LogP contribution in [-0.4, -0.2) is 29.9 Å².